The normalized spacial score (nSPS) is 12.5. The minimum Gasteiger partial charge on any atom is -0.374 e. The third kappa shape index (κ3) is 4.94. The molecule has 0 unspecified atom stereocenters. The van der Waals surface area contributed by atoms with Gasteiger partial charge in [-0.25, -0.2) is 4.79 Å². The van der Waals surface area contributed by atoms with Crippen molar-refractivity contribution in [1.82, 2.24) is 10.6 Å². The van der Waals surface area contributed by atoms with E-state index in [4.69, 9.17) is 0 Å². The third-order valence-corrected chi connectivity index (χ3v) is 2.89. The molecular formula is C14H18F3N3O2. The van der Waals surface area contributed by atoms with Gasteiger partial charge in [0.2, 0.25) is 5.91 Å². The Morgan fingerprint density at radius 2 is 1.91 bits per heavy atom. The summed E-state index contributed by atoms with van der Waals surface area (Å²) < 4.78 is 38.5. The number of halogens is 3. The number of imide groups is 1. The highest BCUT2D eigenvalue weighted by atomic mass is 19.4. The minimum absolute atomic E-state index is 0.0949. The van der Waals surface area contributed by atoms with E-state index < -0.39 is 29.7 Å². The molecule has 0 aliphatic heterocycles. The molecule has 0 bridgehead atoms. The Balaban J connectivity index is 2.78. The number of carbonyl (C=O) groups is 2. The van der Waals surface area contributed by atoms with E-state index in [0.29, 0.717) is 6.54 Å². The second-order valence-corrected chi connectivity index (χ2v) is 4.74. The third-order valence-electron chi connectivity index (χ3n) is 2.89. The van der Waals surface area contributed by atoms with Gasteiger partial charge in [0.25, 0.3) is 0 Å². The van der Waals surface area contributed by atoms with Gasteiger partial charge in [-0.2, -0.15) is 13.2 Å². The average Bonchev–Trinajstić information content (AvgIpc) is 2.39. The SMILES string of the molecule is CCNC(=O)NC(=O)[C@@H](C)Nc1ccc(C)c(C(F)(F)F)c1. The van der Waals surface area contributed by atoms with Gasteiger partial charge in [-0.3, -0.25) is 10.1 Å². The van der Waals surface area contributed by atoms with Gasteiger partial charge in [0, 0.05) is 12.2 Å². The number of hydrogen-bond acceptors (Lipinski definition) is 3. The number of urea groups is 1. The van der Waals surface area contributed by atoms with Gasteiger partial charge >= 0.3 is 12.2 Å². The number of aryl methyl sites for hydroxylation is 1. The topological polar surface area (TPSA) is 70.2 Å². The molecule has 5 nitrogen and oxygen atoms in total. The average molecular weight is 317 g/mol. The molecule has 0 aliphatic carbocycles. The van der Waals surface area contributed by atoms with Gasteiger partial charge < -0.3 is 10.6 Å². The van der Waals surface area contributed by atoms with Crippen molar-refractivity contribution in [1.29, 1.82) is 0 Å². The zero-order valence-corrected chi connectivity index (χ0v) is 12.5. The first-order chi connectivity index (χ1) is 10.1. The number of benzene rings is 1. The van der Waals surface area contributed by atoms with Crippen molar-refractivity contribution in [2.24, 2.45) is 0 Å². The molecular weight excluding hydrogens is 299 g/mol. The van der Waals surface area contributed by atoms with Crippen LogP contribution >= 0.6 is 0 Å². The van der Waals surface area contributed by atoms with Crippen molar-refractivity contribution >= 4 is 17.6 Å². The van der Waals surface area contributed by atoms with E-state index in [9.17, 15) is 22.8 Å². The van der Waals surface area contributed by atoms with Gasteiger partial charge in [-0.05, 0) is 38.5 Å². The second kappa shape index (κ2) is 7.15. The van der Waals surface area contributed by atoms with Crippen LogP contribution in [0, 0.1) is 6.92 Å². The number of alkyl halides is 3. The fourth-order valence-electron chi connectivity index (χ4n) is 1.76. The highest BCUT2D eigenvalue weighted by molar-refractivity contribution is 5.97. The standard InChI is InChI=1S/C14H18F3N3O2/c1-4-18-13(22)20-12(21)9(3)19-10-6-5-8(2)11(7-10)14(15,16)17/h5-7,9,19H,4H2,1-3H3,(H2,18,20,21,22)/t9-/m1/s1. The molecule has 1 atom stereocenters. The van der Waals surface area contributed by atoms with E-state index in [2.05, 4.69) is 16.0 Å². The first-order valence-corrected chi connectivity index (χ1v) is 6.68. The summed E-state index contributed by atoms with van der Waals surface area (Å²) in [4.78, 5) is 22.9. The predicted molar refractivity (Wildman–Crippen MR) is 76.5 cm³/mol. The molecule has 0 saturated heterocycles. The number of amides is 3. The molecule has 1 aromatic rings. The highest BCUT2D eigenvalue weighted by Gasteiger charge is 2.32. The lowest BCUT2D eigenvalue weighted by atomic mass is 10.1. The van der Waals surface area contributed by atoms with Crippen LogP contribution in [0.5, 0.6) is 0 Å². The van der Waals surface area contributed by atoms with Crippen LogP contribution in [0.25, 0.3) is 0 Å². The summed E-state index contributed by atoms with van der Waals surface area (Å²) in [6.45, 7) is 4.85. The smallest absolute Gasteiger partial charge is 0.374 e. The summed E-state index contributed by atoms with van der Waals surface area (Å²) in [5, 5.41) is 7.10. The summed E-state index contributed by atoms with van der Waals surface area (Å²) in [6.07, 6.45) is -4.46. The van der Waals surface area contributed by atoms with Crippen molar-refractivity contribution in [3.63, 3.8) is 0 Å². The zero-order chi connectivity index (χ0) is 16.9. The quantitative estimate of drug-likeness (QED) is 0.799. The number of hydrogen-bond donors (Lipinski definition) is 3. The maximum absolute atomic E-state index is 12.8. The van der Waals surface area contributed by atoms with E-state index in [-0.39, 0.29) is 11.3 Å². The molecule has 1 rings (SSSR count). The molecule has 0 aromatic heterocycles. The molecule has 22 heavy (non-hydrogen) atoms. The Bertz CT molecular complexity index is 559. The van der Waals surface area contributed by atoms with Crippen LogP contribution in [0.4, 0.5) is 23.7 Å². The van der Waals surface area contributed by atoms with Gasteiger partial charge in [-0.1, -0.05) is 6.07 Å². The monoisotopic (exact) mass is 317 g/mol. The number of carbonyl (C=O) groups excluding carboxylic acids is 2. The summed E-state index contributed by atoms with van der Waals surface area (Å²) in [5.41, 5.74) is -0.525. The van der Waals surface area contributed by atoms with Crippen molar-refractivity contribution in [2.45, 2.75) is 33.0 Å². The molecule has 1 aromatic carbocycles. The largest absolute Gasteiger partial charge is 0.416 e. The molecule has 122 valence electrons. The summed E-state index contributed by atoms with van der Waals surface area (Å²) >= 11 is 0. The van der Waals surface area contributed by atoms with Crippen molar-refractivity contribution in [3.05, 3.63) is 29.3 Å². The van der Waals surface area contributed by atoms with Crippen LogP contribution < -0.4 is 16.0 Å². The van der Waals surface area contributed by atoms with Gasteiger partial charge in [-0.15, -0.1) is 0 Å². The summed E-state index contributed by atoms with van der Waals surface area (Å²) in [6, 6.07) is 2.18. The predicted octanol–water partition coefficient (Wildman–Crippen LogP) is 2.66. The van der Waals surface area contributed by atoms with Crippen LogP contribution in [-0.2, 0) is 11.0 Å². The van der Waals surface area contributed by atoms with Crippen molar-refractivity contribution in [2.75, 3.05) is 11.9 Å². The summed E-state index contributed by atoms with van der Waals surface area (Å²) in [5.74, 6) is -0.639. The van der Waals surface area contributed by atoms with E-state index in [1.165, 1.54) is 26.0 Å². The van der Waals surface area contributed by atoms with Crippen LogP contribution in [-0.4, -0.2) is 24.5 Å². The lowest BCUT2D eigenvalue weighted by molar-refractivity contribution is -0.138. The van der Waals surface area contributed by atoms with E-state index in [0.717, 1.165) is 6.07 Å². The van der Waals surface area contributed by atoms with Gasteiger partial charge in [0.05, 0.1) is 5.56 Å². The van der Waals surface area contributed by atoms with Crippen LogP contribution in [0.2, 0.25) is 0 Å². The van der Waals surface area contributed by atoms with Crippen LogP contribution in [0.1, 0.15) is 25.0 Å². The van der Waals surface area contributed by atoms with E-state index in [1.807, 2.05) is 0 Å². The molecule has 0 fully saturated rings. The van der Waals surface area contributed by atoms with Crippen LogP contribution in [0.3, 0.4) is 0 Å². The van der Waals surface area contributed by atoms with Gasteiger partial charge in [0.15, 0.2) is 0 Å². The van der Waals surface area contributed by atoms with Crippen molar-refractivity contribution in [3.8, 4) is 0 Å². The molecule has 0 radical (unpaired) electrons. The van der Waals surface area contributed by atoms with Crippen LogP contribution in [0.15, 0.2) is 18.2 Å². The van der Waals surface area contributed by atoms with Gasteiger partial charge in [0.1, 0.15) is 6.04 Å². The molecule has 0 spiro atoms. The molecule has 3 N–H and O–H groups in total. The molecule has 3 amide bonds. The number of nitrogens with one attached hydrogen (secondary N) is 3. The lowest BCUT2D eigenvalue weighted by Crippen LogP contribution is -2.45. The lowest BCUT2D eigenvalue weighted by Gasteiger charge is -2.17. The molecule has 0 heterocycles. The first kappa shape index (κ1) is 17.8. The second-order valence-electron chi connectivity index (χ2n) is 4.74. The molecule has 0 aliphatic rings. The molecule has 0 saturated carbocycles. The molecule has 8 heteroatoms. The Kier molecular flexibility index (Phi) is 5.78. The van der Waals surface area contributed by atoms with Crippen molar-refractivity contribution < 1.29 is 22.8 Å². The minimum atomic E-state index is -4.46. The first-order valence-electron chi connectivity index (χ1n) is 6.68. The van der Waals surface area contributed by atoms with E-state index in [1.54, 1.807) is 6.92 Å². The highest BCUT2D eigenvalue weighted by Crippen LogP contribution is 2.33. The zero-order valence-electron chi connectivity index (χ0n) is 12.5. The number of anilines is 1. The Labute approximate surface area is 126 Å². The Morgan fingerprint density at radius 1 is 1.27 bits per heavy atom. The Hall–Kier alpha value is -2.25. The maximum Gasteiger partial charge on any atom is 0.416 e. The number of rotatable bonds is 4. The fraction of sp³-hybridized carbons (Fsp3) is 0.429. The summed E-state index contributed by atoms with van der Waals surface area (Å²) in [7, 11) is 0. The Morgan fingerprint density at radius 3 is 2.45 bits per heavy atom. The fourth-order valence-corrected chi connectivity index (χ4v) is 1.76. The van der Waals surface area contributed by atoms with E-state index >= 15 is 0 Å². The maximum atomic E-state index is 12.8.